The fourth-order valence-electron chi connectivity index (χ4n) is 4.37. The summed E-state index contributed by atoms with van der Waals surface area (Å²) < 4.78 is 35.9. The normalized spacial score (nSPS) is 16.0. The zero-order chi connectivity index (χ0) is 30.0. The first kappa shape index (κ1) is 29.3. The van der Waals surface area contributed by atoms with Crippen LogP contribution < -0.4 is 19.1 Å². The number of anilines is 1. The molecule has 4 rings (SSSR count). The second-order valence-corrected chi connectivity index (χ2v) is 9.87. The van der Waals surface area contributed by atoms with Crippen LogP contribution in [-0.4, -0.2) is 55.7 Å². The van der Waals surface area contributed by atoms with Gasteiger partial charge in [0.05, 0.1) is 38.6 Å². The summed E-state index contributed by atoms with van der Waals surface area (Å²) in [5.74, 6) is -3.23. The maximum absolute atomic E-state index is 14.5. The number of aliphatic hydroxyl groups is 1. The van der Waals surface area contributed by atoms with E-state index in [4.69, 9.17) is 18.9 Å². The summed E-state index contributed by atoms with van der Waals surface area (Å²) in [7, 11) is 4.22. The van der Waals surface area contributed by atoms with Gasteiger partial charge in [-0.2, -0.15) is 0 Å². The van der Waals surface area contributed by atoms with Crippen molar-refractivity contribution < 1.29 is 42.8 Å². The quantitative estimate of drug-likeness (QED) is 0.123. The van der Waals surface area contributed by atoms with Crippen LogP contribution in [0.1, 0.15) is 38.1 Å². The Morgan fingerprint density at radius 1 is 1.12 bits per heavy atom. The Morgan fingerprint density at radius 2 is 1.78 bits per heavy atom. The molecule has 1 aliphatic heterocycles. The lowest BCUT2D eigenvalue weighted by atomic mass is 9.94. The van der Waals surface area contributed by atoms with Crippen molar-refractivity contribution in [1.82, 2.24) is 4.98 Å². The van der Waals surface area contributed by atoms with Gasteiger partial charge < -0.3 is 24.1 Å². The molecule has 1 saturated heterocycles. The molecule has 41 heavy (non-hydrogen) atoms. The molecule has 1 fully saturated rings. The minimum atomic E-state index is -1.27. The molecule has 2 heterocycles. The van der Waals surface area contributed by atoms with E-state index in [1.54, 1.807) is 13.8 Å². The molecule has 0 aliphatic carbocycles. The number of hydrogen-bond donors (Lipinski definition) is 1. The van der Waals surface area contributed by atoms with E-state index in [2.05, 4.69) is 11.6 Å². The van der Waals surface area contributed by atoms with Crippen LogP contribution in [-0.2, 0) is 14.3 Å². The lowest BCUT2D eigenvalue weighted by molar-refractivity contribution is -0.132. The maximum atomic E-state index is 14.5. The monoisotopic (exact) mass is 582 g/mol. The smallest absolute Gasteiger partial charge is 0.350 e. The first-order valence-electron chi connectivity index (χ1n) is 12.2. The van der Waals surface area contributed by atoms with Gasteiger partial charge in [-0.05, 0) is 43.2 Å². The van der Waals surface area contributed by atoms with Crippen LogP contribution in [0.15, 0.2) is 48.6 Å². The van der Waals surface area contributed by atoms with Crippen molar-refractivity contribution in [3.63, 3.8) is 0 Å². The number of rotatable bonds is 9. The Hall–Kier alpha value is -4.71. The van der Waals surface area contributed by atoms with Crippen molar-refractivity contribution >= 4 is 39.9 Å². The van der Waals surface area contributed by atoms with E-state index in [-0.39, 0.29) is 56.3 Å². The zero-order valence-electron chi connectivity index (χ0n) is 22.9. The highest BCUT2D eigenvalue weighted by molar-refractivity contribution is 7.17. The van der Waals surface area contributed by atoms with E-state index in [1.165, 1.54) is 51.7 Å². The molecular formula is C29H27FN2O8S. The first-order valence-corrected chi connectivity index (χ1v) is 13.0. The van der Waals surface area contributed by atoms with Gasteiger partial charge in [-0.1, -0.05) is 36.1 Å². The van der Waals surface area contributed by atoms with Gasteiger partial charge in [0.15, 0.2) is 16.6 Å². The molecule has 0 radical (unpaired) electrons. The number of aliphatic hydroxyl groups excluding tert-OH is 1. The number of halogens is 1. The van der Waals surface area contributed by atoms with Crippen molar-refractivity contribution in [3.05, 3.63) is 81.6 Å². The van der Waals surface area contributed by atoms with Gasteiger partial charge in [0.25, 0.3) is 5.78 Å². The van der Waals surface area contributed by atoms with Gasteiger partial charge >= 0.3 is 11.9 Å². The highest BCUT2D eigenvalue weighted by Gasteiger charge is 2.49. The maximum Gasteiger partial charge on any atom is 0.350 e. The lowest BCUT2D eigenvalue weighted by Crippen LogP contribution is -2.29. The molecule has 10 nitrogen and oxygen atoms in total. The molecule has 1 aliphatic rings. The molecule has 1 N–H and O–H groups in total. The highest BCUT2D eigenvalue weighted by Crippen LogP contribution is 2.48. The average Bonchev–Trinajstić information content (AvgIpc) is 3.47. The van der Waals surface area contributed by atoms with Gasteiger partial charge in [-0.25, -0.2) is 14.2 Å². The summed E-state index contributed by atoms with van der Waals surface area (Å²) in [6.45, 7) is 6.60. The van der Waals surface area contributed by atoms with E-state index < -0.39 is 35.3 Å². The summed E-state index contributed by atoms with van der Waals surface area (Å²) in [6, 6.07) is 5.73. The number of esters is 1. The Balaban J connectivity index is 1.99. The van der Waals surface area contributed by atoms with Crippen molar-refractivity contribution in [3.8, 4) is 17.2 Å². The summed E-state index contributed by atoms with van der Waals surface area (Å²) in [6.07, 6.45) is 1.41. The van der Waals surface area contributed by atoms with Crippen LogP contribution in [0, 0.1) is 19.7 Å². The van der Waals surface area contributed by atoms with E-state index in [0.29, 0.717) is 5.56 Å². The van der Waals surface area contributed by atoms with Crippen molar-refractivity contribution in [2.75, 3.05) is 32.8 Å². The number of benzene rings is 2. The Bertz CT molecular complexity index is 1570. The highest BCUT2D eigenvalue weighted by atomic mass is 32.1. The molecule has 1 atom stereocenters. The van der Waals surface area contributed by atoms with E-state index in [9.17, 15) is 23.9 Å². The Morgan fingerprint density at radius 3 is 2.34 bits per heavy atom. The van der Waals surface area contributed by atoms with Crippen LogP contribution in [0.2, 0.25) is 0 Å². The van der Waals surface area contributed by atoms with E-state index in [1.807, 2.05) is 0 Å². The van der Waals surface area contributed by atoms with Gasteiger partial charge in [-0.3, -0.25) is 14.5 Å². The molecular weight excluding hydrogens is 555 g/mol. The van der Waals surface area contributed by atoms with Crippen LogP contribution in [0.4, 0.5) is 9.52 Å². The minimum Gasteiger partial charge on any atom is -0.507 e. The molecule has 12 heteroatoms. The second kappa shape index (κ2) is 11.8. The van der Waals surface area contributed by atoms with Gasteiger partial charge in [0.2, 0.25) is 5.75 Å². The number of nitrogens with zero attached hydrogens (tertiary/aromatic N) is 2. The summed E-state index contributed by atoms with van der Waals surface area (Å²) in [5.41, 5.74) is 0.558. The van der Waals surface area contributed by atoms with Gasteiger partial charge in [0, 0.05) is 5.56 Å². The number of carbonyl (C=O) groups excluding carboxylic acids is 3. The Kier molecular flexibility index (Phi) is 8.43. The first-order chi connectivity index (χ1) is 19.6. The number of carbonyl (C=O) groups is 3. The third-order valence-electron chi connectivity index (χ3n) is 6.40. The third-order valence-corrected chi connectivity index (χ3v) is 7.54. The van der Waals surface area contributed by atoms with E-state index >= 15 is 0 Å². The van der Waals surface area contributed by atoms with Crippen molar-refractivity contribution in [2.45, 2.75) is 19.9 Å². The molecule has 1 unspecified atom stereocenters. The largest absolute Gasteiger partial charge is 0.507 e. The molecule has 1 aromatic heterocycles. The number of aryl methyl sites for hydroxylation is 2. The number of hydrogen-bond acceptors (Lipinski definition) is 10. The molecule has 3 aromatic rings. The number of methoxy groups -OCH3 is 3. The topological polar surface area (TPSA) is 124 Å². The number of thiazole rings is 1. The lowest BCUT2D eigenvalue weighted by Gasteiger charge is -2.24. The van der Waals surface area contributed by atoms with Crippen LogP contribution in [0.25, 0.3) is 5.76 Å². The average molecular weight is 583 g/mol. The van der Waals surface area contributed by atoms with E-state index in [0.717, 1.165) is 22.3 Å². The second-order valence-electron chi connectivity index (χ2n) is 8.89. The minimum absolute atomic E-state index is 0.00282. The standard InChI is InChI=1S/C29H27FN2O8S/c1-7-10-40-28(36)26-15(3)31-29(41-26)32-22(17-12-19(37-4)25(39-6)20(13-17)38-5)21(24(34)27(32)35)23(33)16-9-8-14(2)18(30)11-16/h7-9,11-13,22,33H,1,10H2,2-6H3/b23-21+. The number of ketones is 1. The molecule has 214 valence electrons. The molecule has 2 aromatic carbocycles. The fraction of sp³-hybridized carbons (Fsp3) is 0.241. The van der Waals surface area contributed by atoms with Crippen LogP contribution in [0.3, 0.4) is 0 Å². The van der Waals surface area contributed by atoms with Crippen LogP contribution >= 0.6 is 11.3 Å². The molecule has 0 spiro atoms. The molecule has 1 amide bonds. The predicted octanol–water partition coefficient (Wildman–Crippen LogP) is 4.89. The number of aromatic nitrogens is 1. The summed E-state index contributed by atoms with van der Waals surface area (Å²) in [4.78, 5) is 45.3. The van der Waals surface area contributed by atoms with Gasteiger partial charge in [-0.15, -0.1) is 0 Å². The SMILES string of the molecule is C=CCOC(=O)c1sc(N2C(=O)C(=O)/C(=C(/O)c3ccc(C)c(F)c3)C2c2cc(OC)c(OC)c(OC)c2)nc1C. The third kappa shape index (κ3) is 5.25. The van der Waals surface area contributed by atoms with Gasteiger partial charge in [0.1, 0.15) is 23.1 Å². The fourth-order valence-corrected chi connectivity index (χ4v) is 5.36. The van der Waals surface area contributed by atoms with Crippen LogP contribution in [0.5, 0.6) is 17.2 Å². The molecule has 0 saturated carbocycles. The Labute approximate surface area is 239 Å². The predicted molar refractivity (Wildman–Crippen MR) is 149 cm³/mol. The summed E-state index contributed by atoms with van der Waals surface area (Å²) in [5, 5.41) is 11.3. The summed E-state index contributed by atoms with van der Waals surface area (Å²) >= 11 is 0.843. The number of ether oxygens (including phenoxy) is 4. The number of amides is 1. The van der Waals surface area contributed by atoms with Crippen molar-refractivity contribution in [1.29, 1.82) is 0 Å². The molecule has 0 bridgehead atoms. The number of Topliss-reactive ketones (excluding diaryl/α,β-unsaturated/α-hetero) is 1. The van der Waals surface area contributed by atoms with Crippen molar-refractivity contribution in [2.24, 2.45) is 0 Å². The zero-order valence-corrected chi connectivity index (χ0v) is 23.8.